The summed E-state index contributed by atoms with van der Waals surface area (Å²) < 4.78 is 36.5. The lowest BCUT2D eigenvalue weighted by molar-refractivity contribution is -0.141. The van der Waals surface area contributed by atoms with Crippen molar-refractivity contribution in [1.29, 1.82) is 0 Å². The first kappa shape index (κ1) is 12.0. The van der Waals surface area contributed by atoms with Gasteiger partial charge in [0.15, 0.2) is 0 Å². The third-order valence-corrected chi connectivity index (χ3v) is 2.10. The fraction of sp³-hybridized carbons (Fsp3) is 0.500. The lowest BCUT2D eigenvalue weighted by Crippen LogP contribution is -2.12. The van der Waals surface area contributed by atoms with Crippen LogP contribution in [0.2, 0.25) is 0 Å². The van der Waals surface area contributed by atoms with E-state index in [1.807, 2.05) is 6.92 Å². The van der Waals surface area contributed by atoms with E-state index in [0.29, 0.717) is 5.56 Å². The first-order chi connectivity index (χ1) is 6.95. The fourth-order valence-electron chi connectivity index (χ4n) is 1.27. The van der Waals surface area contributed by atoms with Gasteiger partial charge in [-0.15, -0.1) is 0 Å². The average Bonchev–Trinajstić information content (AvgIpc) is 2.17. The molecule has 0 aliphatic heterocycles. The lowest BCUT2D eigenvalue weighted by atomic mass is 10.1. The molecule has 1 heterocycles. The molecule has 0 fully saturated rings. The van der Waals surface area contributed by atoms with Crippen molar-refractivity contribution < 1.29 is 13.2 Å². The van der Waals surface area contributed by atoms with Gasteiger partial charge in [-0.25, -0.2) is 0 Å². The first-order valence-electron chi connectivity index (χ1n) is 4.74. The van der Waals surface area contributed by atoms with Crippen LogP contribution in [0, 0.1) is 0 Å². The van der Waals surface area contributed by atoms with Gasteiger partial charge in [-0.05, 0) is 18.1 Å². The molecule has 15 heavy (non-hydrogen) atoms. The largest absolute Gasteiger partial charge is 0.433 e. The molecule has 1 rings (SSSR count). The van der Waals surface area contributed by atoms with Crippen LogP contribution >= 0.6 is 0 Å². The Morgan fingerprint density at radius 3 is 2.47 bits per heavy atom. The van der Waals surface area contributed by atoms with E-state index < -0.39 is 11.9 Å². The summed E-state index contributed by atoms with van der Waals surface area (Å²) in [6.45, 7) is 1.97. The summed E-state index contributed by atoms with van der Waals surface area (Å²) in [5.74, 6) is 0. The molecule has 0 bridgehead atoms. The molecule has 2 nitrogen and oxygen atoms in total. The quantitative estimate of drug-likeness (QED) is 0.847. The number of hydrogen-bond donors (Lipinski definition) is 1. The summed E-state index contributed by atoms with van der Waals surface area (Å²) in [4.78, 5) is 3.35. The zero-order valence-electron chi connectivity index (χ0n) is 8.38. The predicted octanol–water partition coefficient (Wildman–Crippen LogP) is 2.90. The highest BCUT2D eigenvalue weighted by Gasteiger charge is 2.32. The molecular weight excluding hydrogens is 205 g/mol. The van der Waals surface area contributed by atoms with Crippen LogP contribution in [0.5, 0.6) is 0 Å². The maximum atomic E-state index is 12.2. The third kappa shape index (κ3) is 3.20. The molecule has 5 heteroatoms. The minimum Gasteiger partial charge on any atom is -0.324 e. The smallest absolute Gasteiger partial charge is 0.324 e. The summed E-state index contributed by atoms with van der Waals surface area (Å²) in [5, 5.41) is 0. The standard InChI is InChI=1S/C10H13F3N2/c1-2-3-8(14)7-4-5-9(15-6-7)10(11,12)13/h4-6,8H,2-3,14H2,1H3/t8-/m1/s1. The average molecular weight is 218 g/mol. The van der Waals surface area contributed by atoms with E-state index in [-0.39, 0.29) is 6.04 Å². The van der Waals surface area contributed by atoms with Gasteiger partial charge in [-0.2, -0.15) is 13.2 Å². The Morgan fingerprint density at radius 2 is 2.07 bits per heavy atom. The number of alkyl halides is 3. The number of rotatable bonds is 3. The second-order valence-electron chi connectivity index (χ2n) is 3.37. The molecular formula is C10H13F3N2. The molecule has 2 N–H and O–H groups in total. The molecule has 0 saturated carbocycles. The monoisotopic (exact) mass is 218 g/mol. The summed E-state index contributed by atoms with van der Waals surface area (Å²) >= 11 is 0. The zero-order chi connectivity index (χ0) is 11.5. The summed E-state index contributed by atoms with van der Waals surface area (Å²) in [6, 6.07) is 2.12. The summed E-state index contributed by atoms with van der Waals surface area (Å²) in [5.41, 5.74) is 5.51. The van der Waals surface area contributed by atoms with E-state index in [9.17, 15) is 13.2 Å². The maximum Gasteiger partial charge on any atom is 0.433 e. The van der Waals surface area contributed by atoms with Gasteiger partial charge in [0.1, 0.15) is 5.69 Å². The van der Waals surface area contributed by atoms with Crippen molar-refractivity contribution in [2.75, 3.05) is 0 Å². The van der Waals surface area contributed by atoms with Crippen molar-refractivity contribution in [2.24, 2.45) is 5.73 Å². The number of pyridine rings is 1. The number of halogens is 3. The molecule has 1 aromatic heterocycles. The minimum atomic E-state index is -4.38. The molecule has 0 radical (unpaired) electrons. The van der Waals surface area contributed by atoms with Crippen LogP contribution in [0.15, 0.2) is 18.3 Å². The van der Waals surface area contributed by atoms with E-state index in [2.05, 4.69) is 4.98 Å². The van der Waals surface area contributed by atoms with Crippen molar-refractivity contribution in [2.45, 2.75) is 32.0 Å². The van der Waals surface area contributed by atoms with Crippen molar-refractivity contribution >= 4 is 0 Å². The van der Waals surface area contributed by atoms with Gasteiger partial charge in [0, 0.05) is 12.2 Å². The number of aromatic nitrogens is 1. The molecule has 0 aromatic carbocycles. The fourth-order valence-corrected chi connectivity index (χ4v) is 1.27. The van der Waals surface area contributed by atoms with E-state index >= 15 is 0 Å². The normalized spacial score (nSPS) is 13.9. The van der Waals surface area contributed by atoms with Gasteiger partial charge in [0.2, 0.25) is 0 Å². The molecule has 1 aromatic rings. The minimum absolute atomic E-state index is 0.232. The maximum absolute atomic E-state index is 12.2. The van der Waals surface area contributed by atoms with Crippen LogP contribution in [0.4, 0.5) is 13.2 Å². The Labute approximate surface area is 86.3 Å². The molecule has 0 saturated heterocycles. The van der Waals surface area contributed by atoms with Crippen LogP contribution in [0.25, 0.3) is 0 Å². The van der Waals surface area contributed by atoms with Crippen LogP contribution in [-0.4, -0.2) is 4.98 Å². The SMILES string of the molecule is CCC[C@@H](N)c1ccc(C(F)(F)F)nc1. The number of hydrogen-bond acceptors (Lipinski definition) is 2. The molecule has 84 valence electrons. The third-order valence-electron chi connectivity index (χ3n) is 2.10. The molecule has 0 amide bonds. The van der Waals surface area contributed by atoms with Crippen LogP contribution in [0.1, 0.15) is 37.1 Å². The predicted molar refractivity (Wildman–Crippen MR) is 51.1 cm³/mol. The molecule has 1 atom stereocenters. The van der Waals surface area contributed by atoms with Gasteiger partial charge >= 0.3 is 6.18 Å². The number of nitrogens with two attached hydrogens (primary N) is 1. The van der Waals surface area contributed by atoms with E-state index in [0.717, 1.165) is 18.9 Å². The summed E-state index contributed by atoms with van der Waals surface area (Å²) in [7, 11) is 0. The Bertz CT molecular complexity index is 305. The van der Waals surface area contributed by atoms with Crippen LogP contribution in [0.3, 0.4) is 0 Å². The van der Waals surface area contributed by atoms with Crippen molar-refractivity contribution in [1.82, 2.24) is 4.98 Å². The Morgan fingerprint density at radius 1 is 1.40 bits per heavy atom. The molecule has 0 spiro atoms. The summed E-state index contributed by atoms with van der Waals surface area (Å²) in [6.07, 6.45) is -1.55. The van der Waals surface area contributed by atoms with E-state index in [1.54, 1.807) is 0 Å². The molecule has 0 unspecified atom stereocenters. The zero-order valence-corrected chi connectivity index (χ0v) is 8.38. The van der Waals surface area contributed by atoms with Crippen molar-refractivity contribution in [3.63, 3.8) is 0 Å². The second kappa shape index (κ2) is 4.61. The van der Waals surface area contributed by atoms with Crippen LogP contribution in [-0.2, 0) is 6.18 Å². The molecule has 0 aliphatic rings. The Hall–Kier alpha value is -1.10. The Kier molecular flexibility index (Phi) is 3.68. The van der Waals surface area contributed by atoms with Crippen molar-refractivity contribution in [3.8, 4) is 0 Å². The van der Waals surface area contributed by atoms with E-state index in [4.69, 9.17) is 5.73 Å². The van der Waals surface area contributed by atoms with Crippen molar-refractivity contribution in [3.05, 3.63) is 29.6 Å². The van der Waals surface area contributed by atoms with Gasteiger partial charge < -0.3 is 5.73 Å². The van der Waals surface area contributed by atoms with E-state index in [1.165, 1.54) is 12.3 Å². The molecule has 0 aliphatic carbocycles. The van der Waals surface area contributed by atoms with Gasteiger partial charge in [-0.3, -0.25) is 4.98 Å². The highest BCUT2D eigenvalue weighted by atomic mass is 19.4. The second-order valence-corrected chi connectivity index (χ2v) is 3.37. The lowest BCUT2D eigenvalue weighted by Gasteiger charge is -2.11. The van der Waals surface area contributed by atoms with Gasteiger partial charge in [0.25, 0.3) is 0 Å². The van der Waals surface area contributed by atoms with Gasteiger partial charge in [-0.1, -0.05) is 19.4 Å². The Balaban J connectivity index is 2.81. The first-order valence-corrected chi connectivity index (χ1v) is 4.74. The number of nitrogens with zero attached hydrogens (tertiary/aromatic N) is 1. The topological polar surface area (TPSA) is 38.9 Å². The highest BCUT2D eigenvalue weighted by Crippen LogP contribution is 2.28. The highest BCUT2D eigenvalue weighted by molar-refractivity contribution is 5.18. The van der Waals surface area contributed by atoms with Gasteiger partial charge in [0.05, 0.1) is 0 Å². The van der Waals surface area contributed by atoms with Crippen LogP contribution < -0.4 is 5.73 Å².